The SMILES string of the molecule is COc1ccc(-n2c(SCC(=O)NN=Cc3cccc(O)c3)nnc2-c2ccc(C)cc2)cc1. The predicted octanol–water partition coefficient (Wildman–Crippen LogP) is 4.20. The minimum atomic E-state index is -0.289. The van der Waals surface area contributed by atoms with Crippen molar-refractivity contribution in [1.82, 2.24) is 20.2 Å². The molecule has 0 aliphatic carbocycles. The van der Waals surface area contributed by atoms with Crippen molar-refractivity contribution in [2.75, 3.05) is 12.9 Å². The predicted molar refractivity (Wildman–Crippen MR) is 133 cm³/mol. The number of hydrogen-bond donors (Lipinski definition) is 2. The fraction of sp³-hybridized carbons (Fsp3) is 0.120. The van der Waals surface area contributed by atoms with Gasteiger partial charge in [-0.1, -0.05) is 53.7 Å². The number of nitrogens with zero attached hydrogens (tertiary/aromatic N) is 4. The average Bonchev–Trinajstić information content (AvgIpc) is 3.27. The largest absolute Gasteiger partial charge is 0.508 e. The van der Waals surface area contributed by atoms with Crippen molar-refractivity contribution >= 4 is 23.9 Å². The van der Waals surface area contributed by atoms with Crippen LogP contribution in [0.15, 0.2) is 83.1 Å². The molecule has 0 aliphatic heterocycles. The molecule has 0 atom stereocenters. The number of hydrazone groups is 1. The van der Waals surface area contributed by atoms with Gasteiger partial charge in [-0.3, -0.25) is 9.36 Å². The molecule has 2 N–H and O–H groups in total. The van der Waals surface area contributed by atoms with Gasteiger partial charge in [0, 0.05) is 11.3 Å². The molecule has 0 unspecified atom stereocenters. The van der Waals surface area contributed by atoms with Gasteiger partial charge in [-0.05, 0) is 48.9 Å². The van der Waals surface area contributed by atoms with Crippen molar-refractivity contribution in [2.45, 2.75) is 12.1 Å². The van der Waals surface area contributed by atoms with Gasteiger partial charge in [-0.2, -0.15) is 5.10 Å². The van der Waals surface area contributed by atoms with E-state index in [4.69, 9.17) is 4.74 Å². The molecule has 0 bridgehead atoms. The Hall–Kier alpha value is -4.11. The molecule has 3 aromatic carbocycles. The maximum Gasteiger partial charge on any atom is 0.250 e. The summed E-state index contributed by atoms with van der Waals surface area (Å²) in [7, 11) is 1.62. The number of nitrogens with one attached hydrogen (secondary N) is 1. The molecule has 1 aromatic heterocycles. The van der Waals surface area contributed by atoms with E-state index in [0.29, 0.717) is 16.5 Å². The molecule has 34 heavy (non-hydrogen) atoms. The number of carbonyl (C=O) groups is 1. The molecule has 1 heterocycles. The lowest BCUT2D eigenvalue weighted by Gasteiger charge is -2.11. The zero-order valence-electron chi connectivity index (χ0n) is 18.7. The standard InChI is InChI=1S/C25H23N5O3S/c1-17-6-8-19(9-7-17)24-28-29-25(30(24)20-10-12-22(33-2)13-11-20)34-16-23(32)27-26-15-18-4-3-5-21(31)14-18/h3-15,31H,16H2,1-2H3,(H,27,32). The zero-order chi connectivity index (χ0) is 23.9. The lowest BCUT2D eigenvalue weighted by molar-refractivity contribution is -0.118. The highest BCUT2D eigenvalue weighted by molar-refractivity contribution is 7.99. The van der Waals surface area contributed by atoms with Crippen molar-refractivity contribution in [2.24, 2.45) is 5.10 Å². The lowest BCUT2D eigenvalue weighted by Crippen LogP contribution is -2.20. The summed E-state index contributed by atoms with van der Waals surface area (Å²) in [6.07, 6.45) is 1.47. The van der Waals surface area contributed by atoms with Crippen LogP contribution in [0.25, 0.3) is 17.1 Å². The second kappa shape index (κ2) is 10.7. The number of amides is 1. The van der Waals surface area contributed by atoms with Crippen LogP contribution < -0.4 is 10.2 Å². The molecule has 8 nitrogen and oxygen atoms in total. The third kappa shape index (κ3) is 5.62. The van der Waals surface area contributed by atoms with Crippen molar-refractivity contribution in [3.8, 4) is 28.6 Å². The Balaban J connectivity index is 1.52. The number of rotatable bonds is 8. The number of carbonyl (C=O) groups excluding carboxylic acids is 1. The van der Waals surface area contributed by atoms with Gasteiger partial charge in [0.05, 0.1) is 19.1 Å². The molecule has 0 spiro atoms. The van der Waals surface area contributed by atoms with E-state index in [0.717, 1.165) is 22.6 Å². The van der Waals surface area contributed by atoms with E-state index in [1.54, 1.807) is 31.4 Å². The summed E-state index contributed by atoms with van der Waals surface area (Å²) in [6.45, 7) is 2.03. The van der Waals surface area contributed by atoms with Gasteiger partial charge in [0.2, 0.25) is 0 Å². The molecule has 0 saturated carbocycles. The monoisotopic (exact) mass is 473 g/mol. The van der Waals surface area contributed by atoms with Crippen LogP contribution >= 0.6 is 11.8 Å². The Morgan fingerprint density at radius 2 is 1.88 bits per heavy atom. The highest BCUT2D eigenvalue weighted by Crippen LogP contribution is 2.29. The number of hydrogen-bond acceptors (Lipinski definition) is 7. The first-order chi connectivity index (χ1) is 16.5. The van der Waals surface area contributed by atoms with Gasteiger partial charge in [-0.25, -0.2) is 5.43 Å². The molecule has 0 radical (unpaired) electrons. The molecule has 4 rings (SSSR count). The van der Waals surface area contributed by atoms with Gasteiger partial charge in [0.15, 0.2) is 11.0 Å². The Kier molecular flexibility index (Phi) is 7.24. The Morgan fingerprint density at radius 3 is 2.59 bits per heavy atom. The number of phenolic OH excluding ortho intramolecular Hbond substituents is 1. The van der Waals surface area contributed by atoms with Crippen molar-refractivity contribution < 1.29 is 14.6 Å². The summed E-state index contributed by atoms with van der Waals surface area (Å²) >= 11 is 1.26. The molecular formula is C25H23N5O3S. The van der Waals surface area contributed by atoms with E-state index in [2.05, 4.69) is 20.7 Å². The summed E-state index contributed by atoms with van der Waals surface area (Å²) in [6, 6.07) is 22.2. The van der Waals surface area contributed by atoms with Crippen LogP contribution in [0.5, 0.6) is 11.5 Å². The lowest BCUT2D eigenvalue weighted by atomic mass is 10.1. The normalized spacial score (nSPS) is 11.0. The average molecular weight is 474 g/mol. The zero-order valence-corrected chi connectivity index (χ0v) is 19.5. The third-order valence-electron chi connectivity index (χ3n) is 4.88. The van der Waals surface area contributed by atoms with Crippen LogP contribution in [0.2, 0.25) is 0 Å². The van der Waals surface area contributed by atoms with Crippen LogP contribution in [-0.4, -0.2) is 44.9 Å². The molecule has 172 valence electrons. The molecule has 0 saturated heterocycles. The second-order valence-corrected chi connectivity index (χ2v) is 8.32. The summed E-state index contributed by atoms with van der Waals surface area (Å²) in [5.41, 5.74) is 6.09. The Bertz CT molecular complexity index is 1300. The van der Waals surface area contributed by atoms with Gasteiger partial charge in [0.25, 0.3) is 5.91 Å². The number of methoxy groups -OCH3 is 1. The van der Waals surface area contributed by atoms with Gasteiger partial charge in [0.1, 0.15) is 11.5 Å². The Labute approximate surface area is 201 Å². The van der Waals surface area contributed by atoms with Crippen LogP contribution in [0.4, 0.5) is 0 Å². The highest BCUT2D eigenvalue weighted by atomic mass is 32.2. The van der Waals surface area contributed by atoms with Crippen LogP contribution in [0.1, 0.15) is 11.1 Å². The van der Waals surface area contributed by atoms with Crippen molar-refractivity contribution in [1.29, 1.82) is 0 Å². The number of aromatic nitrogens is 3. The fourth-order valence-electron chi connectivity index (χ4n) is 3.16. The van der Waals surface area contributed by atoms with E-state index >= 15 is 0 Å². The number of phenols is 1. The number of thioether (sulfide) groups is 1. The topological polar surface area (TPSA) is 102 Å². The van der Waals surface area contributed by atoms with Crippen LogP contribution in [-0.2, 0) is 4.79 Å². The molecule has 1 amide bonds. The van der Waals surface area contributed by atoms with Gasteiger partial charge < -0.3 is 9.84 Å². The van der Waals surface area contributed by atoms with Gasteiger partial charge in [-0.15, -0.1) is 10.2 Å². The smallest absolute Gasteiger partial charge is 0.250 e. The van der Waals surface area contributed by atoms with E-state index in [-0.39, 0.29) is 17.4 Å². The van der Waals surface area contributed by atoms with E-state index < -0.39 is 0 Å². The number of aryl methyl sites for hydroxylation is 1. The highest BCUT2D eigenvalue weighted by Gasteiger charge is 2.17. The van der Waals surface area contributed by atoms with E-state index in [9.17, 15) is 9.90 Å². The molecular weight excluding hydrogens is 450 g/mol. The number of benzene rings is 3. The summed E-state index contributed by atoms with van der Waals surface area (Å²) in [4.78, 5) is 12.4. The van der Waals surface area contributed by atoms with Gasteiger partial charge >= 0.3 is 0 Å². The molecule has 0 fully saturated rings. The Morgan fingerprint density at radius 1 is 1.12 bits per heavy atom. The van der Waals surface area contributed by atoms with E-state index in [1.807, 2.05) is 60.0 Å². The summed E-state index contributed by atoms with van der Waals surface area (Å²) in [5.74, 6) is 1.36. The maximum absolute atomic E-state index is 12.4. The quantitative estimate of drug-likeness (QED) is 0.226. The molecule has 9 heteroatoms. The fourth-order valence-corrected chi connectivity index (χ4v) is 3.91. The van der Waals surface area contributed by atoms with Crippen LogP contribution in [0, 0.1) is 6.92 Å². The minimum absolute atomic E-state index is 0.0968. The first-order valence-corrected chi connectivity index (χ1v) is 11.4. The molecule has 0 aliphatic rings. The third-order valence-corrected chi connectivity index (χ3v) is 5.81. The molecule has 4 aromatic rings. The van der Waals surface area contributed by atoms with Crippen molar-refractivity contribution in [3.05, 3.63) is 83.9 Å². The maximum atomic E-state index is 12.4. The first kappa shape index (κ1) is 23.1. The second-order valence-electron chi connectivity index (χ2n) is 7.38. The van der Waals surface area contributed by atoms with Crippen molar-refractivity contribution in [3.63, 3.8) is 0 Å². The summed E-state index contributed by atoms with van der Waals surface area (Å²) < 4.78 is 7.19. The first-order valence-electron chi connectivity index (χ1n) is 10.4. The number of aromatic hydroxyl groups is 1. The van der Waals surface area contributed by atoms with Crippen LogP contribution in [0.3, 0.4) is 0 Å². The van der Waals surface area contributed by atoms with E-state index in [1.165, 1.54) is 18.0 Å². The number of ether oxygens (including phenoxy) is 1. The minimum Gasteiger partial charge on any atom is -0.508 e. The summed E-state index contributed by atoms with van der Waals surface area (Å²) in [5, 5.41) is 22.8.